The van der Waals surface area contributed by atoms with Gasteiger partial charge in [0.25, 0.3) is 0 Å². The predicted molar refractivity (Wildman–Crippen MR) is 151 cm³/mol. The fourth-order valence-electron chi connectivity index (χ4n) is 4.36. The number of rotatable bonds is 12. The van der Waals surface area contributed by atoms with Crippen LogP contribution in [-0.2, 0) is 9.59 Å². The predicted octanol–water partition coefficient (Wildman–Crippen LogP) is 5.11. The van der Waals surface area contributed by atoms with Crippen LogP contribution in [0.25, 0.3) is 0 Å². The van der Waals surface area contributed by atoms with E-state index in [4.69, 9.17) is 10.2 Å². The second kappa shape index (κ2) is 11.6. The minimum Gasteiger partial charge on any atom is -0.369 e. The van der Waals surface area contributed by atoms with E-state index in [9.17, 15) is 9.59 Å². The number of carbonyl (C=O) groups excluding carboxylic acids is 2. The van der Waals surface area contributed by atoms with Gasteiger partial charge in [-0.2, -0.15) is 5.10 Å². The molecule has 2 amide bonds. The van der Waals surface area contributed by atoms with E-state index in [2.05, 4.69) is 45.0 Å². The van der Waals surface area contributed by atoms with Gasteiger partial charge in [0.1, 0.15) is 11.6 Å². The van der Waals surface area contributed by atoms with Crippen LogP contribution < -0.4 is 21.4 Å². The molecule has 3 aromatic rings. The summed E-state index contributed by atoms with van der Waals surface area (Å²) in [5.41, 5.74) is 2.41. The Kier molecular flexibility index (Phi) is 8.45. The molecule has 0 bridgehead atoms. The molecule has 208 valence electrons. The monoisotopic (exact) mass is 552 g/mol. The van der Waals surface area contributed by atoms with Crippen molar-refractivity contribution in [2.45, 2.75) is 63.9 Å². The fraction of sp³-hybridized carbons (Fsp3) is 0.444. The molecule has 2 aromatic heterocycles. The molecule has 1 aliphatic rings. The van der Waals surface area contributed by atoms with Crippen molar-refractivity contribution in [3.8, 4) is 0 Å². The van der Waals surface area contributed by atoms with Gasteiger partial charge in [-0.1, -0.05) is 27.7 Å². The number of nitrogens with one attached hydrogen (secondary N) is 5. The first-order chi connectivity index (χ1) is 18.4. The third-order valence-corrected chi connectivity index (χ3v) is 7.20. The first-order valence-electron chi connectivity index (χ1n) is 12.9. The van der Waals surface area contributed by atoms with E-state index in [0.29, 0.717) is 35.6 Å². The molecular weight excluding hydrogens is 516 g/mol. The van der Waals surface area contributed by atoms with Gasteiger partial charge in [0.15, 0.2) is 11.0 Å². The molecule has 12 heteroatoms. The standard InChI is InChI=1S/C27H36N8O3S/c1-16-12-22(34-33-16)30-21-13-20(28-15-26(2,3)14-27(4,5)24(37)35-38)31-25(32-21)39-19-10-8-18(9-11-19)29-23(36)17-6-7-17/h8-13,17,38H,6-7,14-15H2,1-5H3,(H,29,36)(H,35,37)(H3,28,30,31,32,33,34). The lowest BCUT2D eigenvalue weighted by atomic mass is 9.74. The topological polar surface area (TPSA) is 157 Å². The number of hydrogen-bond donors (Lipinski definition) is 6. The number of carbonyl (C=O) groups is 2. The summed E-state index contributed by atoms with van der Waals surface area (Å²) in [4.78, 5) is 34.4. The van der Waals surface area contributed by atoms with Crippen molar-refractivity contribution in [3.63, 3.8) is 0 Å². The number of aromatic amines is 1. The summed E-state index contributed by atoms with van der Waals surface area (Å²) in [6.45, 7) is 10.2. The maximum absolute atomic E-state index is 12.1. The number of benzene rings is 1. The smallest absolute Gasteiger partial charge is 0.249 e. The highest BCUT2D eigenvalue weighted by Gasteiger charge is 2.34. The van der Waals surface area contributed by atoms with Gasteiger partial charge in [-0.05, 0) is 67.6 Å². The largest absolute Gasteiger partial charge is 0.369 e. The normalized spacial score (nSPS) is 13.6. The van der Waals surface area contributed by atoms with Crippen LogP contribution in [0.1, 0.15) is 52.7 Å². The average molecular weight is 553 g/mol. The molecule has 1 saturated carbocycles. The Morgan fingerprint density at radius 2 is 1.74 bits per heavy atom. The molecule has 39 heavy (non-hydrogen) atoms. The van der Waals surface area contributed by atoms with E-state index in [-0.39, 0.29) is 17.2 Å². The molecule has 11 nitrogen and oxygen atoms in total. The SMILES string of the molecule is Cc1cc(Nc2cc(NCC(C)(C)CC(C)(C)C(=O)NO)nc(Sc3ccc(NC(=O)C4CC4)cc3)n2)n[nH]1. The zero-order chi connectivity index (χ0) is 28.2. The van der Waals surface area contributed by atoms with Gasteiger partial charge in [-0.15, -0.1) is 0 Å². The van der Waals surface area contributed by atoms with E-state index >= 15 is 0 Å². The van der Waals surface area contributed by atoms with Crippen molar-refractivity contribution in [2.75, 3.05) is 22.5 Å². The highest BCUT2D eigenvalue weighted by molar-refractivity contribution is 7.99. The molecule has 6 N–H and O–H groups in total. The second-order valence-corrected chi connectivity index (χ2v) is 12.4. The molecule has 2 heterocycles. The van der Waals surface area contributed by atoms with Crippen LogP contribution in [0, 0.1) is 23.7 Å². The Morgan fingerprint density at radius 3 is 2.36 bits per heavy atom. The number of aryl methyl sites for hydroxylation is 1. The maximum Gasteiger partial charge on any atom is 0.249 e. The summed E-state index contributed by atoms with van der Waals surface area (Å²) < 4.78 is 0. The fourth-order valence-corrected chi connectivity index (χ4v) is 5.13. The van der Waals surface area contributed by atoms with Crippen LogP contribution in [0.2, 0.25) is 0 Å². The van der Waals surface area contributed by atoms with Crippen molar-refractivity contribution >= 4 is 46.7 Å². The highest BCUT2D eigenvalue weighted by Crippen LogP contribution is 2.35. The van der Waals surface area contributed by atoms with Crippen LogP contribution in [-0.4, -0.2) is 43.7 Å². The Balaban J connectivity index is 1.49. The first kappa shape index (κ1) is 28.4. The second-order valence-electron chi connectivity index (χ2n) is 11.4. The Bertz CT molecular complexity index is 1320. The quantitative estimate of drug-likeness (QED) is 0.102. The third kappa shape index (κ3) is 8.17. The average Bonchev–Trinajstić information content (AvgIpc) is 3.65. The summed E-state index contributed by atoms with van der Waals surface area (Å²) in [7, 11) is 0. The van der Waals surface area contributed by atoms with Gasteiger partial charge in [-0.3, -0.25) is 19.9 Å². The molecule has 0 aliphatic heterocycles. The minimum absolute atomic E-state index is 0.0742. The van der Waals surface area contributed by atoms with Gasteiger partial charge < -0.3 is 16.0 Å². The Morgan fingerprint density at radius 1 is 1.05 bits per heavy atom. The summed E-state index contributed by atoms with van der Waals surface area (Å²) >= 11 is 1.40. The van der Waals surface area contributed by atoms with Crippen LogP contribution in [0.3, 0.4) is 0 Å². The van der Waals surface area contributed by atoms with Crippen molar-refractivity contribution in [1.82, 2.24) is 25.6 Å². The summed E-state index contributed by atoms with van der Waals surface area (Å²) in [6, 6.07) is 11.3. The number of hydroxylamine groups is 1. The molecule has 0 radical (unpaired) electrons. The molecule has 0 unspecified atom stereocenters. The highest BCUT2D eigenvalue weighted by atomic mass is 32.2. The zero-order valence-electron chi connectivity index (χ0n) is 22.9. The lowest BCUT2D eigenvalue weighted by Crippen LogP contribution is -2.40. The summed E-state index contributed by atoms with van der Waals surface area (Å²) in [5.74, 6) is 1.64. The van der Waals surface area contributed by atoms with Crippen LogP contribution in [0.5, 0.6) is 0 Å². The zero-order valence-corrected chi connectivity index (χ0v) is 23.7. The number of anilines is 4. The molecule has 1 fully saturated rings. The first-order valence-corrected chi connectivity index (χ1v) is 13.7. The van der Waals surface area contributed by atoms with Gasteiger partial charge in [0.2, 0.25) is 11.8 Å². The lowest BCUT2D eigenvalue weighted by Gasteiger charge is -2.33. The van der Waals surface area contributed by atoms with Crippen LogP contribution in [0.15, 0.2) is 46.5 Å². The van der Waals surface area contributed by atoms with Crippen molar-refractivity contribution in [1.29, 1.82) is 0 Å². The van der Waals surface area contributed by atoms with Crippen LogP contribution >= 0.6 is 11.8 Å². The lowest BCUT2D eigenvalue weighted by molar-refractivity contribution is -0.139. The molecule has 1 aromatic carbocycles. The van der Waals surface area contributed by atoms with Gasteiger partial charge >= 0.3 is 0 Å². The molecule has 4 rings (SSSR count). The van der Waals surface area contributed by atoms with Crippen LogP contribution in [0.4, 0.5) is 23.1 Å². The molecule has 0 saturated heterocycles. The van der Waals surface area contributed by atoms with Crippen molar-refractivity contribution < 1.29 is 14.8 Å². The molecular formula is C27H36N8O3S. The van der Waals surface area contributed by atoms with Gasteiger partial charge in [0, 0.05) is 46.3 Å². The Hall–Kier alpha value is -3.64. The maximum atomic E-state index is 12.1. The van der Waals surface area contributed by atoms with E-state index in [1.807, 2.05) is 43.3 Å². The summed E-state index contributed by atoms with van der Waals surface area (Å²) in [6.07, 6.45) is 2.46. The number of H-pyrrole nitrogens is 1. The van der Waals surface area contributed by atoms with E-state index < -0.39 is 11.3 Å². The van der Waals surface area contributed by atoms with Gasteiger partial charge in [-0.25, -0.2) is 15.4 Å². The summed E-state index contributed by atoms with van der Waals surface area (Å²) in [5, 5.41) is 26.3. The van der Waals surface area contributed by atoms with Gasteiger partial charge in [0.05, 0.1) is 0 Å². The molecule has 0 spiro atoms. The van der Waals surface area contributed by atoms with Crippen molar-refractivity contribution in [2.24, 2.45) is 16.7 Å². The van der Waals surface area contributed by atoms with E-state index in [1.54, 1.807) is 19.3 Å². The number of nitrogens with zero attached hydrogens (tertiary/aromatic N) is 3. The third-order valence-electron chi connectivity index (χ3n) is 6.33. The molecule has 1 aliphatic carbocycles. The van der Waals surface area contributed by atoms with E-state index in [1.165, 1.54) is 11.8 Å². The number of aromatic nitrogens is 4. The minimum atomic E-state index is -0.749. The number of hydrogen-bond acceptors (Lipinski definition) is 9. The Labute approximate surface area is 232 Å². The number of amides is 2. The van der Waals surface area contributed by atoms with Crippen molar-refractivity contribution in [3.05, 3.63) is 42.1 Å². The molecule has 0 atom stereocenters. The van der Waals surface area contributed by atoms with E-state index in [0.717, 1.165) is 29.1 Å².